The number of hydrogen-bond donors (Lipinski definition) is 1. The zero-order chi connectivity index (χ0) is 11.4. The van der Waals surface area contributed by atoms with Crippen molar-refractivity contribution in [1.82, 2.24) is 0 Å². The van der Waals surface area contributed by atoms with Gasteiger partial charge in [-0.25, -0.2) is 0 Å². The summed E-state index contributed by atoms with van der Waals surface area (Å²) in [6.45, 7) is 0.709. The number of anilines is 1. The van der Waals surface area contributed by atoms with Crippen LogP contribution in [0.5, 0.6) is 0 Å². The molecule has 6 nitrogen and oxygen atoms in total. The molecule has 1 heterocycles. The number of rotatable bonds is 3. The van der Waals surface area contributed by atoms with E-state index in [1.54, 1.807) is 12.1 Å². The highest BCUT2D eigenvalue weighted by atomic mass is 16.6. The van der Waals surface area contributed by atoms with Crippen LogP contribution in [0.25, 0.3) is 0 Å². The molecule has 0 aromatic heterocycles. The summed E-state index contributed by atoms with van der Waals surface area (Å²) in [6.07, 6.45) is 1.82. The van der Waals surface area contributed by atoms with Crippen molar-refractivity contribution in [1.29, 1.82) is 0 Å². The Hall–Kier alpha value is -2.11. The van der Waals surface area contributed by atoms with Crippen LogP contribution in [0.2, 0.25) is 0 Å². The summed E-state index contributed by atoms with van der Waals surface area (Å²) in [6, 6.07) is 6.07. The minimum Gasteiger partial charge on any atom is -0.480 e. The maximum atomic E-state index is 10.4. The van der Waals surface area contributed by atoms with Crippen molar-refractivity contribution < 1.29 is 9.66 Å². The molecule has 1 N–H and O–H groups in total. The van der Waals surface area contributed by atoms with E-state index in [1.807, 2.05) is 0 Å². The van der Waals surface area contributed by atoms with Gasteiger partial charge in [-0.2, -0.15) is 0 Å². The van der Waals surface area contributed by atoms with E-state index in [4.69, 9.17) is 4.74 Å². The Morgan fingerprint density at radius 3 is 2.69 bits per heavy atom. The molecule has 0 aliphatic carbocycles. The monoisotopic (exact) mass is 221 g/mol. The molecular formula is C10H11N3O3. The van der Waals surface area contributed by atoms with Crippen LogP contribution in [0.3, 0.4) is 0 Å². The lowest BCUT2D eigenvalue weighted by atomic mass is 10.3. The van der Waals surface area contributed by atoms with E-state index in [-0.39, 0.29) is 5.69 Å². The lowest BCUT2D eigenvalue weighted by Crippen LogP contribution is -1.99. The molecule has 16 heavy (non-hydrogen) atoms. The van der Waals surface area contributed by atoms with Gasteiger partial charge >= 0.3 is 0 Å². The average molecular weight is 221 g/mol. The molecule has 0 radical (unpaired) electrons. The van der Waals surface area contributed by atoms with Crippen molar-refractivity contribution in [3.63, 3.8) is 0 Å². The van der Waals surface area contributed by atoms with Gasteiger partial charge in [-0.3, -0.25) is 15.5 Å². The molecule has 0 unspecified atom stereocenters. The Bertz CT molecular complexity index is 406. The molecule has 2 rings (SSSR count). The Labute approximate surface area is 92.1 Å². The van der Waals surface area contributed by atoms with Gasteiger partial charge in [0.15, 0.2) is 0 Å². The quantitative estimate of drug-likeness (QED) is 0.626. The minimum absolute atomic E-state index is 0.0651. The summed E-state index contributed by atoms with van der Waals surface area (Å²) in [4.78, 5) is 9.98. The van der Waals surface area contributed by atoms with E-state index in [0.717, 1.165) is 12.8 Å². The fourth-order valence-corrected chi connectivity index (χ4v) is 1.36. The molecule has 0 spiro atoms. The van der Waals surface area contributed by atoms with E-state index < -0.39 is 4.92 Å². The third kappa shape index (κ3) is 2.47. The van der Waals surface area contributed by atoms with Gasteiger partial charge < -0.3 is 4.74 Å². The van der Waals surface area contributed by atoms with Crippen molar-refractivity contribution >= 4 is 17.3 Å². The van der Waals surface area contributed by atoms with Crippen molar-refractivity contribution in [3.8, 4) is 0 Å². The Kier molecular flexibility index (Phi) is 3.00. The predicted molar refractivity (Wildman–Crippen MR) is 59.3 cm³/mol. The second-order valence-electron chi connectivity index (χ2n) is 3.37. The van der Waals surface area contributed by atoms with Crippen LogP contribution in [0.4, 0.5) is 11.4 Å². The molecule has 1 aliphatic rings. The molecule has 1 aromatic carbocycles. The van der Waals surface area contributed by atoms with Crippen LogP contribution in [0, 0.1) is 10.1 Å². The largest absolute Gasteiger partial charge is 0.480 e. The topological polar surface area (TPSA) is 76.8 Å². The number of nitrogens with zero attached hydrogens (tertiary/aromatic N) is 2. The number of nitrogens with one attached hydrogen (secondary N) is 1. The molecule has 0 saturated carbocycles. The number of hydrogen-bond acceptors (Lipinski definition) is 5. The van der Waals surface area contributed by atoms with Gasteiger partial charge in [-0.05, 0) is 18.6 Å². The van der Waals surface area contributed by atoms with Crippen LogP contribution in [-0.4, -0.2) is 17.4 Å². The fraction of sp³-hybridized carbons (Fsp3) is 0.300. The second kappa shape index (κ2) is 4.61. The van der Waals surface area contributed by atoms with E-state index in [0.29, 0.717) is 18.2 Å². The highest BCUT2D eigenvalue weighted by Crippen LogP contribution is 2.15. The van der Waals surface area contributed by atoms with Crippen molar-refractivity contribution in [3.05, 3.63) is 34.4 Å². The fourth-order valence-electron chi connectivity index (χ4n) is 1.36. The summed E-state index contributed by atoms with van der Waals surface area (Å²) in [7, 11) is 0. The van der Waals surface area contributed by atoms with E-state index in [1.165, 1.54) is 12.1 Å². The summed E-state index contributed by atoms with van der Waals surface area (Å²) >= 11 is 0. The lowest BCUT2D eigenvalue weighted by molar-refractivity contribution is -0.384. The predicted octanol–water partition coefficient (Wildman–Crippen LogP) is 2.13. The minimum atomic E-state index is -0.435. The summed E-state index contributed by atoms with van der Waals surface area (Å²) < 4.78 is 5.22. The lowest BCUT2D eigenvalue weighted by Gasteiger charge is -2.01. The average Bonchev–Trinajstić information content (AvgIpc) is 2.80. The zero-order valence-corrected chi connectivity index (χ0v) is 8.55. The number of nitro benzene ring substituents is 1. The van der Waals surface area contributed by atoms with Crippen molar-refractivity contribution in [2.75, 3.05) is 12.0 Å². The molecule has 0 atom stereocenters. The first kappa shape index (κ1) is 10.4. The normalized spacial score (nSPS) is 17.1. The van der Waals surface area contributed by atoms with Crippen molar-refractivity contribution in [2.45, 2.75) is 12.8 Å². The molecule has 6 heteroatoms. The summed E-state index contributed by atoms with van der Waals surface area (Å²) in [5, 5.41) is 14.5. The van der Waals surface area contributed by atoms with Crippen LogP contribution in [0.1, 0.15) is 12.8 Å². The first-order valence-electron chi connectivity index (χ1n) is 4.95. The molecule has 1 fully saturated rings. The van der Waals surface area contributed by atoms with Gasteiger partial charge in [-0.15, -0.1) is 5.10 Å². The molecule has 84 valence electrons. The van der Waals surface area contributed by atoms with Gasteiger partial charge in [0.25, 0.3) is 5.69 Å². The number of non-ortho nitro benzene ring substituents is 1. The Morgan fingerprint density at radius 2 is 2.12 bits per heavy atom. The molecule has 0 amide bonds. The number of hydrazone groups is 1. The molecule has 0 bridgehead atoms. The van der Waals surface area contributed by atoms with E-state index >= 15 is 0 Å². The number of ether oxygens (including phenoxy) is 1. The van der Waals surface area contributed by atoms with Crippen LogP contribution in [-0.2, 0) is 4.74 Å². The highest BCUT2D eigenvalue weighted by Gasteiger charge is 2.08. The van der Waals surface area contributed by atoms with Crippen LogP contribution >= 0.6 is 0 Å². The Morgan fingerprint density at radius 1 is 1.38 bits per heavy atom. The van der Waals surface area contributed by atoms with Gasteiger partial charge in [0.2, 0.25) is 5.90 Å². The summed E-state index contributed by atoms with van der Waals surface area (Å²) in [5.74, 6) is 0.679. The van der Waals surface area contributed by atoms with Crippen LogP contribution < -0.4 is 5.43 Å². The first-order valence-corrected chi connectivity index (χ1v) is 4.95. The molecule has 1 aliphatic heterocycles. The molecular weight excluding hydrogens is 210 g/mol. The highest BCUT2D eigenvalue weighted by molar-refractivity contribution is 5.78. The number of nitro groups is 1. The maximum absolute atomic E-state index is 10.4. The van der Waals surface area contributed by atoms with E-state index in [2.05, 4.69) is 10.5 Å². The van der Waals surface area contributed by atoms with Crippen LogP contribution in [0.15, 0.2) is 29.4 Å². The van der Waals surface area contributed by atoms with Gasteiger partial charge in [0.1, 0.15) is 0 Å². The second-order valence-corrected chi connectivity index (χ2v) is 3.37. The zero-order valence-electron chi connectivity index (χ0n) is 8.55. The third-order valence-electron chi connectivity index (χ3n) is 2.19. The molecule has 1 saturated heterocycles. The molecule has 1 aromatic rings. The third-order valence-corrected chi connectivity index (χ3v) is 2.19. The standard InChI is InChI=1S/C10H11N3O3/c14-13(15)9-5-3-8(4-6-9)11-12-10-2-1-7-16-10/h3-6,11H,1-2,7H2. The first-order chi connectivity index (χ1) is 7.75. The Balaban J connectivity index is 1.99. The van der Waals surface area contributed by atoms with E-state index in [9.17, 15) is 10.1 Å². The summed E-state index contributed by atoms with van der Waals surface area (Å²) in [5.41, 5.74) is 3.56. The van der Waals surface area contributed by atoms with Gasteiger partial charge in [0.05, 0.1) is 17.2 Å². The smallest absolute Gasteiger partial charge is 0.269 e. The van der Waals surface area contributed by atoms with Gasteiger partial charge in [-0.1, -0.05) is 0 Å². The van der Waals surface area contributed by atoms with Gasteiger partial charge in [0, 0.05) is 18.6 Å². The SMILES string of the molecule is O=[N+]([O-])c1ccc(NN=C2CCCO2)cc1. The maximum Gasteiger partial charge on any atom is 0.269 e. The number of benzene rings is 1. The van der Waals surface area contributed by atoms with Crippen molar-refractivity contribution in [2.24, 2.45) is 5.10 Å².